The normalized spacial score (nSPS) is 18.7. The highest BCUT2D eigenvalue weighted by Crippen LogP contribution is 2.41. The van der Waals surface area contributed by atoms with Gasteiger partial charge in [-0.2, -0.15) is 0 Å². The van der Waals surface area contributed by atoms with E-state index in [4.69, 9.17) is 0 Å². The van der Waals surface area contributed by atoms with Crippen molar-refractivity contribution >= 4 is 39.2 Å². The molecule has 0 radical (unpaired) electrons. The molecular weight excluding hydrogens is 326 g/mol. The summed E-state index contributed by atoms with van der Waals surface area (Å²) in [5.74, 6) is 0.833. The second kappa shape index (κ2) is 7.18. The van der Waals surface area contributed by atoms with Gasteiger partial charge in [0.15, 0.2) is 0 Å². The second-order valence-electron chi connectivity index (χ2n) is 6.26. The van der Waals surface area contributed by atoms with Crippen LogP contribution < -0.4 is 5.32 Å². The number of thioether (sulfide) groups is 1. The van der Waals surface area contributed by atoms with Crippen LogP contribution in [-0.4, -0.2) is 27.7 Å². The minimum absolute atomic E-state index is 0.0846. The number of amides is 1. The lowest BCUT2D eigenvalue weighted by atomic mass is 9.89. The molecule has 0 fully saturated rings. The minimum Gasteiger partial charge on any atom is -0.355 e. The van der Waals surface area contributed by atoms with E-state index in [2.05, 4.69) is 29.1 Å². The molecule has 0 aliphatic heterocycles. The molecule has 1 N–H and O–H groups in total. The zero-order valence-electron chi connectivity index (χ0n) is 13.9. The molecule has 0 saturated heterocycles. The van der Waals surface area contributed by atoms with Crippen molar-refractivity contribution in [1.82, 2.24) is 15.3 Å². The van der Waals surface area contributed by atoms with Gasteiger partial charge < -0.3 is 5.32 Å². The first-order valence-electron chi connectivity index (χ1n) is 8.29. The first-order chi connectivity index (χ1) is 11.1. The lowest BCUT2D eigenvalue weighted by Gasteiger charge is -2.18. The Labute approximate surface area is 145 Å². The number of carbonyl (C=O) groups is 1. The van der Waals surface area contributed by atoms with Gasteiger partial charge in [-0.15, -0.1) is 11.3 Å². The Balaban J connectivity index is 1.88. The van der Waals surface area contributed by atoms with Crippen molar-refractivity contribution in [3.63, 3.8) is 0 Å². The molecule has 3 rings (SSSR count). The summed E-state index contributed by atoms with van der Waals surface area (Å²) in [6, 6.07) is 0. The van der Waals surface area contributed by atoms with Gasteiger partial charge in [-0.1, -0.05) is 25.6 Å². The fourth-order valence-corrected chi connectivity index (χ4v) is 5.33. The molecule has 0 saturated carbocycles. The molecule has 0 spiro atoms. The molecule has 4 nitrogen and oxygen atoms in total. The zero-order chi connectivity index (χ0) is 16.4. The standard InChI is InChI=1S/C17H23N3OS2/c1-4-7-18-15(21)11(3)22-16-14-12-6-5-10(2)8-13(12)23-17(14)20-9-19-16/h9-11H,4-8H2,1-3H3,(H,18,21)/t10-,11-/m0/s1. The lowest BCUT2D eigenvalue weighted by molar-refractivity contribution is -0.120. The predicted molar refractivity (Wildman–Crippen MR) is 97.2 cm³/mol. The van der Waals surface area contributed by atoms with Gasteiger partial charge >= 0.3 is 0 Å². The Morgan fingerprint density at radius 2 is 2.35 bits per heavy atom. The third-order valence-electron chi connectivity index (χ3n) is 4.26. The number of hydrogen-bond acceptors (Lipinski definition) is 5. The molecule has 1 amide bonds. The van der Waals surface area contributed by atoms with E-state index in [1.54, 1.807) is 29.4 Å². The fraction of sp³-hybridized carbons (Fsp3) is 0.588. The predicted octanol–water partition coefficient (Wildman–Crippen LogP) is 3.82. The van der Waals surface area contributed by atoms with E-state index in [-0.39, 0.29) is 11.2 Å². The molecular formula is C17H23N3OS2. The maximum absolute atomic E-state index is 12.1. The van der Waals surface area contributed by atoms with E-state index in [9.17, 15) is 4.79 Å². The van der Waals surface area contributed by atoms with Crippen LogP contribution in [0.2, 0.25) is 0 Å². The Hall–Kier alpha value is -1.14. The Kier molecular flexibility index (Phi) is 5.21. The minimum atomic E-state index is -0.141. The van der Waals surface area contributed by atoms with E-state index in [1.807, 2.05) is 6.92 Å². The smallest absolute Gasteiger partial charge is 0.233 e. The monoisotopic (exact) mass is 349 g/mol. The number of aromatic nitrogens is 2. The molecule has 0 bridgehead atoms. The first kappa shape index (κ1) is 16.7. The molecule has 1 aliphatic rings. The highest BCUT2D eigenvalue weighted by atomic mass is 32.2. The third kappa shape index (κ3) is 3.53. The molecule has 2 aromatic heterocycles. The molecule has 2 aromatic rings. The highest BCUT2D eigenvalue weighted by Gasteiger charge is 2.24. The van der Waals surface area contributed by atoms with E-state index in [1.165, 1.54) is 22.2 Å². The lowest BCUT2D eigenvalue weighted by Crippen LogP contribution is -2.31. The molecule has 0 unspecified atom stereocenters. The number of nitrogens with zero attached hydrogens (tertiary/aromatic N) is 2. The number of fused-ring (bicyclic) bond motifs is 3. The molecule has 124 valence electrons. The summed E-state index contributed by atoms with van der Waals surface area (Å²) in [6.07, 6.45) is 6.06. The van der Waals surface area contributed by atoms with Crippen molar-refractivity contribution < 1.29 is 4.79 Å². The van der Waals surface area contributed by atoms with Crippen LogP contribution in [0.15, 0.2) is 11.4 Å². The van der Waals surface area contributed by atoms with Crippen LogP contribution in [0.5, 0.6) is 0 Å². The summed E-state index contributed by atoms with van der Waals surface area (Å²) in [5, 5.41) is 4.97. The molecule has 0 aromatic carbocycles. The number of nitrogens with one attached hydrogen (secondary N) is 1. The van der Waals surface area contributed by atoms with Crippen molar-refractivity contribution in [3.8, 4) is 0 Å². The summed E-state index contributed by atoms with van der Waals surface area (Å²) in [6.45, 7) is 7.05. The van der Waals surface area contributed by atoms with Crippen molar-refractivity contribution in [2.45, 2.75) is 56.7 Å². The largest absolute Gasteiger partial charge is 0.355 e. The van der Waals surface area contributed by atoms with Gasteiger partial charge in [0.2, 0.25) is 5.91 Å². The van der Waals surface area contributed by atoms with Crippen LogP contribution in [-0.2, 0) is 17.6 Å². The highest BCUT2D eigenvalue weighted by molar-refractivity contribution is 8.00. The summed E-state index contributed by atoms with van der Waals surface area (Å²) < 4.78 is 0. The van der Waals surface area contributed by atoms with Crippen LogP contribution in [0.4, 0.5) is 0 Å². The number of aryl methyl sites for hydroxylation is 1. The summed E-state index contributed by atoms with van der Waals surface area (Å²) in [7, 11) is 0. The summed E-state index contributed by atoms with van der Waals surface area (Å²) in [4.78, 5) is 23.6. The van der Waals surface area contributed by atoms with Crippen molar-refractivity contribution in [2.24, 2.45) is 5.92 Å². The Morgan fingerprint density at radius 3 is 3.13 bits per heavy atom. The topological polar surface area (TPSA) is 54.9 Å². The number of rotatable bonds is 5. The first-order valence-corrected chi connectivity index (χ1v) is 9.99. The third-order valence-corrected chi connectivity index (χ3v) is 6.53. The van der Waals surface area contributed by atoms with Crippen LogP contribution in [0.3, 0.4) is 0 Å². The van der Waals surface area contributed by atoms with Gasteiger partial charge in [0.25, 0.3) is 0 Å². The quantitative estimate of drug-likeness (QED) is 0.658. The number of hydrogen-bond donors (Lipinski definition) is 1. The van der Waals surface area contributed by atoms with Crippen LogP contribution in [0.25, 0.3) is 10.2 Å². The van der Waals surface area contributed by atoms with E-state index in [0.29, 0.717) is 0 Å². The summed E-state index contributed by atoms with van der Waals surface area (Å²) in [5.41, 5.74) is 1.42. The maximum Gasteiger partial charge on any atom is 0.233 e. The zero-order valence-corrected chi connectivity index (χ0v) is 15.5. The van der Waals surface area contributed by atoms with Crippen molar-refractivity contribution in [3.05, 3.63) is 16.8 Å². The van der Waals surface area contributed by atoms with Crippen molar-refractivity contribution in [2.75, 3.05) is 6.54 Å². The maximum atomic E-state index is 12.1. The van der Waals surface area contributed by atoms with E-state index >= 15 is 0 Å². The van der Waals surface area contributed by atoms with Gasteiger partial charge in [-0.25, -0.2) is 9.97 Å². The Morgan fingerprint density at radius 1 is 1.52 bits per heavy atom. The van der Waals surface area contributed by atoms with Gasteiger partial charge in [-0.3, -0.25) is 4.79 Å². The van der Waals surface area contributed by atoms with Crippen LogP contribution >= 0.6 is 23.1 Å². The van der Waals surface area contributed by atoms with E-state index < -0.39 is 0 Å². The van der Waals surface area contributed by atoms with Gasteiger partial charge in [0.05, 0.1) is 5.25 Å². The molecule has 1 aliphatic carbocycles. The fourth-order valence-electron chi connectivity index (χ4n) is 2.95. The molecule has 23 heavy (non-hydrogen) atoms. The van der Waals surface area contributed by atoms with Crippen LogP contribution in [0, 0.1) is 5.92 Å². The number of carbonyl (C=O) groups excluding carboxylic acids is 1. The second-order valence-corrected chi connectivity index (χ2v) is 8.67. The van der Waals surface area contributed by atoms with Crippen LogP contribution in [0.1, 0.15) is 44.1 Å². The average molecular weight is 350 g/mol. The van der Waals surface area contributed by atoms with Gasteiger partial charge in [0.1, 0.15) is 16.2 Å². The molecule has 6 heteroatoms. The van der Waals surface area contributed by atoms with E-state index in [0.717, 1.165) is 41.6 Å². The van der Waals surface area contributed by atoms with Gasteiger partial charge in [-0.05, 0) is 44.1 Å². The van der Waals surface area contributed by atoms with Gasteiger partial charge in [0, 0.05) is 16.8 Å². The average Bonchev–Trinajstić information content (AvgIpc) is 2.90. The number of thiophene rings is 1. The summed E-state index contributed by atoms with van der Waals surface area (Å²) >= 11 is 3.36. The SMILES string of the molecule is CCCNC(=O)[C@H](C)Sc1ncnc2sc3c(c12)CC[C@H](C)C3. The molecule has 2 heterocycles. The van der Waals surface area contributed by atoms with Crippen molar-refractivity contribution in [1.29, 1.82) is 0 Å². The molecule has 2 atom stereocenters. The Bertz CT molecular complexity index is 713.